The summed E-state index contributed by atoms with van der Waals surface area (Å²) in [5, 5.41) is 9.73. The number of anilines is 1. The smallest absolute Gasteiger partial charge is 0.336 e. The van der Waals surface area contributed by atoms with E-state index >= 15 is 13.2 Å². The van der Waals surface area contributed by atoms with Crippen LogP contribution in [0.5, 0.6) is 0 Å². The lowest BCUT2D eigenvalue weighted by atomic mass is 9.77. The van der Waals surface area contributed by atoms with Crippen LogP contribution in [0.3, 0.4) is 0 Å². The van der Waals surface area contributed by atoms with E-state index < -0.39 is 53.4 Å². The molecule has 1 aromatic heterocycles. The van der Waals surface area contributed by atoms with Gasteiger partial charge < -0.3 is 10.0 Å². The van der Waals surface area contributed by atoms with Gasteiger partial charge in [0.2, 0.25) is 0 Å². The van der Waals surface area contributed by atoms with Gasteiger partial charge in [0.15, 0.2) is 0 Å². The SMILES string of the molecule is Cc1c(N2CC3CCC(F)(F)C(O)C3C2)c(F)cc2c(=O)[nH]c(=O)n(C(F)(F)C3CC3)c12. The Morgan fingerprint density at radius 3 is 2.53 bits per heavy atom. The topological polar surface area (TPSA) is 78.3 Å². The van der Waals surface area contributed by atoms with Gasteiger partial charge in [0.25, 0.3) is 11.5 Å². The number of aromatic nitrogens is 2. The molecule has 0 radical (unpaired) electrons. The Labute approximate surface area is 178 Å². The Hall–Kier alpha value is -2.43. The molecule has 5 rings (SSSR count). The lowest BCUT2D eigenvalue weighted by Crippen LogP contribution is -2.46. The highest BCUT2D eigenvalue weighted by Gasteiger charge is 2.54. The molecule has 1 aromatic carbocycles. The number of aromatic amines is 1. The Balaban J connectivity index is 1.67. The molecule has 1 saturated heterocycles. The van der Waals surface area contributed by atoms with Crippen LogP contribution in [0, 0.1) is 30.5 Å². The molecule has 2 heterocycles. The summed E-state index contributed by atoms with van der Waals surface area (Å²) >= 11 is 0. The van der Waals surface area contributed by atoms with E-state index in [9.17, 15) is 23.5 Å². The van der Waals surface area contributed by atoms with Gasteiger partial charge in [-0.05, 0) is 38.2 Å². The van der Waals surface area contributed by atoms with Crippen LogP contribution in [0.4, 0.5) is 27.6 Å². The molecule has 6 nitrogen and oxygen atoms in total. The number of aliphatic hydroxyl groups excluding tert-OH is 1. The van der Waals surface area contributed by atoms with Gasteiger partial charge >= 0.3 is 11.7 Å². The third-order valence-electron chi connectivity index (χ3n) is 7.22. The van der Waals surface area contributed by atoms with Crippen molar-refractivity contribution in [2.45, 2.75) is 50.7 Å². The summed E-state index contributed by atoms with van der Waals surface area (Å²) in [7, 11) is 0. The second kappa shape index (κ2) is 6.79. The van der Waals surface area contributed by atoms with E-state index in [0.717, 1.165) is 6.07 Å². The van der Waals surface area contributed by atoms with Crippen LogP contribution in [-0.4, -0.2) is 39.8 Å². The first-order chi connectivity index (χ1) is 14.9. The number of halogens is 5. The Morgan fingerprint density at radius 2 is 1.88 bits per heavy atom. The lowest BCUT2D eigenvalue weighted by molar-refractivity contribution is -0.161. The van der Waals surface area contributed by atoms with Crippen LogP contribution < -0.4 is 16.1 Å². The van der Waals surface area contributed by atoms with Crippen molar-refractivity contribution >= 4 is 16.6 Å². The number of fused-ring (bicyclic) bond motifs is 2. The number of nitrogens with one attached hydrogen (secondary N) is 1. The van der Waals surface area contributed by atoms with Gasteiger partial charge in [-0.15, -0.1) is 0 Å². The molecule has 1 aliphatic heterocycles. The molecular weight excluding hydrogens is 437 g/mol. The first kappa shape index (κ1) is 21.4. The van der Waals surface area contributed by atoms with Gasteiger partial charge in [-0.25, -0.2) is 22.5 Å². The average molecular weight is 459 g/mol. The zero-order valence-corrected chi connectivity index (χ0v) is 17.2. The minimum absolute atomic E-state index is 0.0385. The highest BCUT2D eigenvalue weighted by molar-refractivity contribution is 5.87. The van der Waals surface area contributed by atoms with Crippen LogP contribution in [0.15, 0.2) is 15.7 Å². The first-order valence-corrected chi connectivity index (χ1v) is 10.6. The van der Waals surface area contributed by atoms with Crippen LogP contribution in [0.1, 0.15) is 31.2 Å². The lowest BCUT2D eigenvalue weighted by Gasteiger charge is -2.35. The summed E-state index contributed by atoms with van der Waals surface area (Å²) in [6, 6.07) is -2.76. The van der Waals surface area contributed by atoms with E-state index in [1.165, 1.54) is 11.8 Å². The predicted molar refractivity (Wildman–Crippen MR) is 106 cm³/mol. The fraction of sp³-hybridized carbons (Fsp3) is 0.619. The second-order valence-corrected chi connectivity index (χ2v) is 9.26. The van der Waals surface area contributed by atoms with Gasteiger partial charge in [0.1, 0.15) is 11.9 Å². The van der Waals surface area contributed by atoms with Crippen molar-refractivity contribution in [3.8, 4) is 0 Å². The molecule has 174 valence electrons. The molecule has 3 aliphatic rings. The molecule has 2 N–H and O–H groups in total. The molecule has 0 spiro atoms. The van der Waals surface area contributed by atoms with E-state index in [0.29, 0.717) is 0 Å². The molecule has 32 heavy (non-hydrogen) atoms. The average Bonchev–Trinajstić information content (AvgIpc) is 3.47. The maximum atomic E-state index is 15.2. The van der Waals surface area contributed by atoms with Crippen molar-refractivity contribution in [1.29, 1.82) is 0 Å². The van der Waals surface area contributed by atoms with Gasteiger partial charge in [0.05, 0.1) is 16.6 Å². The van der Waals surface area contributed by atoms with E-state index in [-0.39, 0.29) is 65.0 Å². The van der Waals surface area contributed by atoms with Gasteiger partial charge in [-0.3, -0.25) is 9.78 Å². The molecule has 3 fully saturated rings. The molecule has 2 aliphatic carbocycles. The number of alkyl halides is 4. The first-order valence-electron chi connectivity index (χ1n) is 10.6. The van der Waals surface area contributed by atoms with Crippen molar-refractivity contribution in [1.82, 2.24) is 9.55 Å². The number of benzene rings is 1. The summed E-state index contributed by atoms with van der Waals surface area (Å²) < 4.78 is 73.5. The van der Waals surface area contributed by atoms with E-state index in [2.05, 4.69) is 0 Å². The van der Waals surface area contributed by atoms with Gasteiger partial charge in [-0.2, -0.15) is 8.78 Å². The van der Waals surface area contributed by atoms with Crippen molar-refractivity contribution in [2.75, 3.05) is 18.0 Å². The van der Waals surface area contributed by atoms with Gasteiger partial charge in [-0.1, -0.05) is 0 Å². The summed E-state index contributed by atoms with van der Waals surface area (Å²) in [5.41, 5.74) is -2.79. The molecule has 2 aromatic rings. The number of rotatable bonds is 3. The molecule has 3 unspecified atom stereocenters. The number of aliphatic hydroxyl groups is 1. The Bertz CT molecular complexity index is 1220. The number of aryl methyl sites for hydroxylation is 1. The highest BCUT2D eigenvalue weighted by atomic mass is 19.3. The fourth-order valence-corrected chi connectivity index (χ4v) is 5.41. The van der Waals surface area contributed by atoms with E-state index in [1.807, 2.05) is 4.98 Å². The van der Waals surface area contributed by atoms with Crippen molar-refractivity contribution in [3.63, 3.8) is 0 Å². The summed E-state index contributed by atoms with van der Waals surface area (Å²) in [6.45, 7) is 1.41. The zero-order chi connectivity index (χ0) is 23.2. The predicted octanol–water partition coefficient (Wildman–Crippen LogP) is 2.94. The molecule has 3 atom stereocenters. The van der Waals surface area contributed by atoms with Crippen molar-refractivity contribution in [3.05, 3.63) is 38.3 Å². The summed E-state index contributed by atoms with van der Waals surface area (Å²) in [5.74, 6) is -6.29. The molecule has 2 saturated carbocycles. The van der Waals surface area contributed by atoms with Crippen LogP contribution in [-0.2, 0) is 6.05 Å². The third-order valence-corrected chi connectivity index (χ3v) is 7.22. The van der Waals surface area contributed by atoms with Crippen molar-refractivity contribution < 1.29 is 27.1 Å². The molecule has 0 amide bonds. The zero-order valence-electron chi connectivity index (χ0n) is 17.2. The highest BCUT2D eigenvalue weighted by Crippen LogP contribution is 2.48. The van der Waals surface area contributed by atoms with Crippen LogP contribution in [0.2, 0.25) is 0 Å². The minimum atomic E-state index is -3.57. The number of hydrogen-bond acceptors (Lipinski definition) is 4. The molecular formula is C21H22F5N3O3. The van der Waals surface area contributed by atoms with E-state index in [4.69, 9.17) is 0 Å². The third kappa shape index (κ3) is 3.00. The van der Waals surface area contributed by atoms with Crippen LogP contribution in [0.25, 0.3) is 10.9 Å². The van der Waals surface area contributed by atoms with Gasteiger partial charge in [0, 0.05) is 36.9 Å². The maximum absolute atomic E-state index is 15.2. The number of hydrogen-bond donors (Lipinski definition) is 2. The number of H-pyrrole nitrogens is 1. The standard InChI is InChI=1S/C21H22F5N3O3/c1-9-15-12(18(31)27-19(32)29(15)21(25,26)11-2-3-11)6-14(22)16(9)28-7-10-4-5-20(23,24)17(30)13(10)8-28/h6,10-11,13,17,30H,2-5,7-8H2,1H3,(H,27,31,32). The molecule has 0 bridgehead atoms. The quantitative estimate of drug-likeness (QED) is 0.692. The van der Waals surface area contributed by atoms with E-state index in [1.54, 1.807) is 0 Å². The number of nitrogens with zero attached hydrogens (tertiary/aromatic N) is 2. The second-order valence-electron chi connectivity index (χ2n) is 9.26. The molecule has 11 heteroatoms. The Kier molecular flexibility index (Phi) is 4.54. The largest absolute Gasteiger partial charge is 0.386 e. The van der Waals surface area contributed by atoms with Crippen LogP contribution >= 0.6 is 0 Å². The normalized spacial score (nSPS) is 27.7. The maximum Gasteiger partial charge on any atom is 0.336 e. The van der Waals surface area contributed by atoms with Crippen molar-refractivity contribution in [2.24, 2.45) is 17.8 Å². The summed E-state index contributed by atoms with van der Waals surface area (Å²) in [4.78, 5) is 28.0. The summed E-state index contributed by atoms with van der Waals surface area (Å²) in [6.07, 6.45) is -1.78. The Morgan fingerprint density at radius 1 is 1.19 bits per heavy atom. The minimum Gasteiger partial charge on any atom is -0.386 e. The monoisotopic (exact) mass is 459 g/mol. The fourth-order valence-electron chi connectivity index (χ4n) is 5.41.